The quantitative estimate of drug-likeness (QED) is 0.676. The van der Waals surface area contributed by atoms with Crippen LogP contribution in [-0.2, 0) is 11.3 Å². The van der Waals surface area contributed by atoms with E-state index in [-0.39, 0.29) is 18.0 Å². The van der Waals surface area contributed by atoms with Gasteiger partial charge in [0.25, 0.3) is 0 Å². The van der Waals surface area contributed by atoms with E-state index in [0.29, 0.717) is 18.0 Å². The Labute approximate surface area is 148 Å². The molecular formula is C16H22FN5O4. The zero-order chi connectivity index (χ0) is 18.6. The maximum absolute atomic E-state index is 14.5. The van der Waals surface area contributed by atoms with E-state index < -0.39 is 36.4 Å². The number of nitrogens with two attached hydrogens (primary N) is 1. The highest BCUT2D eigenvalue weighted by Gasteiger charge is 2.49. The molecule has 0 radical (unpaired) electrons. The van der Waals surface area contributed by atoms with Crippen molar-refractivity contribution < 1.29 is 19.3 Å². The maximum Gasteiger partial charge on any atom is 0.332 e. The minimum atomic E-state index is -1.82. The number of imidazole rings is 1. The Morgan fingerprint density at radius 3 is 2.88 bits per heavy atom. The summed E-state index contributed by atoms with van der Waals surface area (Å²) in [6.45, 7) is 2.18. The van der Waals surface area contributed by atoms with Gasteiger partial charge in [0.2, 0.25) is 5.95 Å². The number of aliphatic hydroxyl groups is 2. The van der Waals surface area contributed by atoms with E-state index in [1.54, 1.807) is 6.92 Å². The second-order valence-electron chi connectivity index (χ2n) is 7.05. The zero-order valence-electron chi connectivity index (χ0n) is 14.3. The smallest absolute Gasteiger partial charge is 0.332 e. The number of halogens is 1. The minimum absolute atomic E-state index is 0.0377. The third kappa shape index (κ3) is 2.68. The van der Waals surface area contributed by atoms with Crippen molar-refractivity contribution in [3.05, 3.63) is 16.7 Å². The number of anilines is 1. The first-order valence-electron chi connectivity index (χ1n) is 8.81. The number of hydrogen-bond donors (Lipinski definition) is 3. The molecule has 1 saturated carbocycles. The molecule has 3 heterocycles. The third-order valence-corrected chi connectivity index (χ3v) is 5.14. The van der Waals surface area contributed by atoms with Crippen molar-refractivity contribution in [1.82, 2.24) is 19.1 Å². The molecule has 26 heavy (non-hydrogen) atoms. The Kier molecular flexibility index (Phi) is 4.20. The highest BCUT2D eigenvalue weighted by Crippen LogP contribution is 2.35. The average Bonchev–Trinajstić information content (AvgIpc) is 3.35. The number of nitrogens with zero attached hydrogens (tertiary/aromatic N) is 4. The third-order valence-electron chi connectivity index (χ3n) is 5.14. The van der Waals surface area contributed by atoms with Crippen LogP contribution in [0.25, 0.3) is 11.2 Å². The lowest BCUT2D eigenvalue weighted by Crippen LogP contribution is -2.36. The lowest BCUT2D eigenvalue weighted by molar-refractivity contribution is -0.0799. The highest BCUT2D eigenvalue weighted by molar-refractivity contribution is 5.72. The van der Waals surface area contributed by atoms with Crippen LogP contribution in [-0.4, -0.2) is 53.8 Å². The van der Waals surface area contributed by atoms with Crippen LogP contribution in [0.1, 0.15) is 32.4 Å². The number of ether oxygens (including phenoxy) is 1. The number of hydrogen-bond acceptors (Lipinski definition) is 7. The Morgan fingerprint density at radius 1 is 1.50 bits per heavy atom. The molecule has 2 fully saturated rings. The van der Waals surface area contributed by atoms with Crippen LogP contribution < -0.4 is 11.4 Å². The summed E-state index contributed by atoms with van der Waals surface area (Å²) in [6.07, 6.45) is -3.22. The molecule has 1 saturated heterocycles. The van der Waals surface area contributed by atoms with Gasteiger partial charge in [-0.1, -0.05) is 6.92 Å². The minimum Gasteiger partial charge on any atom is -0.390 e. The molecule has 1 aliphatic carbocycles. The molecule has 1 aliphatic heterocycles. The largest absolute Gasteiger partial charge is 0.390 e. The molecule has 2 aromatic rings. The summed E-state index contributed by atoms with van der Waals surface area (Å²) >= 11 is 0. The molecule has 5 atom stereocenters. The first-order chi connectivity index (χ1) is 12.4. The molecule has 10 heteroatoms. The van der Waals surface area contributed by atoms with Crippen molar-refractivity contribution >= 4 is 17.1 Å². The Morgan fingerprint density at radius 2 is 2.23 bits per heavy atom. The summed E-state index contributed by atoms with van der Waals surface area (Å²) in [7, 11) is 0. The van der Waals surface area contributed by atoms with Gasteiger partial charge in [-0.3, -0.25) is 4.57 Å². The number of aromatic nitrogens is 4. The fraction of sp³-hybridized carbons (Fsp3) is 0.688. The van der Waals surface area contributed by atoms with Crippen LogP contribution in [0.3, 0.4) is 0 Å². The molecule has 0 bridgehead atoms. The van der Waals surface area contributed by atoms with Gasteiger partial charge in [-0.2, -0.15) is 4.98 Å². The van der Waals surface area contributed by atoms with Crippen molar-refractivity contribution in [3.63, 3.8) is 0 Å². The van der Waals surface area contributed by atoms with Crippen molar-refractivity contribution in [2.45, 2.75) is 63.4 Å². The van der Waals surface area contributed by atoms with Gasteiger partial charge in [-0.25, -0.2) is 18.7 Å². The van der Waals surface area contributed by atoms with E-state index in [4.69, 9.17) is 10.5 Å². The predicted octanol–water partition coefficient (Wildman–Crippen LogP) is -0.0475. The van der Waals surface area contributed by atoms with Gasteiger partial charge >= 0.3 is 5.69 Å². The summed E-state index contributed by atoms with van der Waals surface area (Å²) in [5.74, 6) is 0.367. The van der Waals surface area contributed by atoms with Crippen molar-refractivity contribution in [2.75, 3.05) is 5.73 Å². The average molecular weight is 367 g/mol. The fourth-order valence-corrected chi connectivity index (χ4v) is 3.45. The first kappa shape index (κ1) is 17.4. The van der Waals surface area contributed by atoms with Crippen LogP contribution >= 0.6 is 0 Å². The molecule has 0 amide bonds. The normalized spacial score (nSPS) is 30.2. The number of alkyl halides is 1. The molecule has 2 aliphatic rings. The van der Waals surface area contributed by atoms with Crippen LogP contribution in [0.4, 0.5) is 10.3 Å². The van der Waals surface area contributed by atoms with E-state index in [0.717, 1.165) is 17.4 Å². The summed E-state index contributed by atoms with van der Waals surface area (Å²) in [6, 6.07) is 0. The lowest BCUT2D eigenvalue weighted by atomic mass is 10.1. The van der Waals surface area contributed by atoms with Crippen LogP contribution in [0.15, 0.2) is 11.0 Å². The Hall–Kier alpha value is -2.04. The summed E-state index contributed by atoms with van der Waals surface area (Å²) in [5.41, 5.74) is 5.84. The van der Waals surface area contributed by atoms with Crippen LogP contribution in [0.5, 0.6) is 0 Å². The SMILES string of the molecule is CC[C@H](O)[C@H]1O[C@@H](n2c(=O)n(CC3CC3)c3cnc(N)nc32)[C@H](O)[C@H]1F. The number of nitrogen functional groups attached to an aromatic ring is 1. The summed E-state index contributed by atoms with van der Waals surface area (Å²) < 4.78 is 22.7. The zero-order valence-corrected chi connectivity index (χ0v) is 14.3. The molecule has 4 N–H and O–H groups in total. The van der Waals surface area contributed by atoms with Gasteiger partial charge < -0.3 is 20.7 Å². The van der Waals surface area contributed by atoms with E-state index >= 15 is 0 Å². The second kappa shape index (κ2) is 6.29. The Balaban J connectivity index is 1.82. The molecule has 0 spiro atoms. The second-order valence-corrected chi connectivity index (χ2v) is 7.05. The van der Waals surface area contributed by atoms with Gasteiger partial charge in [0.1, 0.15) is 17.7 Å². The highest BCUT2D eigenvalue weighted by atomic mass is 19.1. The molecule has 4 rings (SSSR count). The van der Waals surface area contributed by atoms with Gasteiger partial charge in [0, 0.05) is 6.54 Å². The van der Waals surface area contributed by atoms with E-state index in [2.05, 4.69) is 9.97 Å². The topological polar surface area (TPSA) is 128 Å². The molecular weight excluding hydrogens is 345 g/mol. The molecule has 142 valence electrons. The molecule has 2 aromatic heterocycles. The molecule has 0 unspecified atom stereocenters. The van der Waals surface area contributed by atoms with Gasteiger partial charge in [0.15, 0.2) is 18.0 Å². The lowest BCUT2D eigenvalue weighted by Gasteiger charge is -2.18. The number of rotatable bonds is 5. The Bertz CT molecular complexity index is 879. The van der Waals surface area contributed by atoms with Crippen LogP contribution in [0, 0.1) is 5.92 Å². The monoisotopic (exact) mass is 367 g/mol. The summed E-state index contributed by atoms with van der Waals surface area (Å²) in [5, 5.41) is 20.3. The van der Waals surface area contributed by atoms with Gasteiger partial charge in [-0.15, -0.1) is 0 Å². The summed E-state index contributed by atoms with van der Waals surface area (Å²) in [4.78, 5) is 21.0. The van der Waals surface area contributed by atoms with E-state index in [1.165, 1.54) is 10.8 Å². The van der Waals surface area contributed by atoms with Crippen LogP contribution in [0.2, 0.25) is 0 Å². The van der Waals surface area contributed by atoms with Crippen molar-refractivity contribution in [1.29, 1.82) is 0 Å². The van der Waals surface area contributed by atoms with Crippen molar-refractivity contribution in [3.8, 4) is 0 Å². The fourth-order valence-electron chi connectivity index (χ4n) is 3.45. The predicted molar refractivity (Wildman–Crippen MR) is 90.0 cm³/mol. The standard InChI is InChI=1S/C16H22FN5O4/c1-2-9(23)12-10(17)11(24)14(26-12)22-13-8(5-19-15(18)20-13)21(16(22)25)6-7-3-4-7/h5,7,9-12,14,23-24H,2-4,6H2,1H3,(H2,18,19,20)/t9-,10+,11+,12+,14+/m0/s1. The molecule has 0 aromatic carbocycles. The van der Waals surface area contributed by atoms with E-state index in [1.807, 2.05) is 0 Å². The number of fused-ring (bicyclic) bond motifs is 1. The number of aliphatic hydroxyl groups excluding tert-OH is 2. The van der Waals surface area contributed by atoms with Gasteiger partial charge in [-0.05, 0) is 25.2 Å². The molecule has 9 nitrogen and oxygen atoms in total. The van der Waals surface area contributed by atoms with Crippen molar-refractivity contribution in [2.24, 2.45) is 5.92 Å². The van der Waals surface area contributed by atoms with E-state index in [9.17, 15) is 19.4 Å². The maximum atomic E-state index is 14.5. The van der Waals surface area contributed by atoms with Gasteiger partial charge in [0.05, 0.1) is 12.3 Å². The first-order valence-corrected chi connectivity index (χ1v) is 8.81.